The van der Waals surface area contributed by atoms with Gasteiger partial charge in [0.15, 0.2) is 0 Å². The van der Waals surface area contributed by atoms with Gasteiger partial charge in [-0.1, -0.05) is 39.0 Å². The third-order valence-corrected chi connectivity index (χ3v) is 4.00. The minimum absolute atomic E-state index is 0.125. The Hall–Kier alpha value is -0.860. The largest absolute Gasteiger partial charge is 0.376 e. The zero-order valence-electron chi connectivity index (χ0n) is 14.2. The quantitative estimate of drug-likeness (QED) is 0.852. The summed E-state index contributed by atoms with van der Waals surface area (Å²) in [6.45, 7) is 14.0. The van der Waals surface area contributed by atoms with Crippen molar-refractivity contribution in [1.82, 2.24) is 5.32 Å². The highest BCUT2D eigenvalue weighted by Gasteiger charge is 2.32. The summed E-state index contributed by atoms with van der Waals surface area (Å²) in [5.74, 6) is 0. The fourth-order valence-corrected chi connectivity index (χ4v) is 2.90. The van der Waals surface area contributed by atoms with Crippen LogP contribution in [0.3, 0.4) is 0 Å². The number of aryl methyl sites for hydroxylation is 2. The summed E-state index contributed by atoms with van der Waals surface area (Å²) in [5, 5.41) is 3.47. The molecule has 0 bridgehead atoms. The third-order valence-electron chi connectivity index (χ3n) is 4.00. The number of hydrogen-bond acceptors (Lipinski definition) is 2. The molecule has 0 aliphatic rings. The van der Waals surface area contributed by atoms with Crippen molar-refractivity contribution >= 4 is 0 Å². The molecule has 2 unspecified atom stereocenters. The molecular weight excluding hydrogens is 246 g/mol. The van der Waals surface area contributed by atoms with Crippen LogP contribution >= 0.6 is 0 Å². The SMILES string of the molecule is CCOC(C(Cc1c(C)cccc1C)NC)C(C)(C)C. The highest BCUT2D eigenvalue weighted by Crippen LogP contribution is 2.28. The van der Waals surface area contributed by atoms with Crippen LogP contribution in [0.5, 0.6) is 0 Å². The van der Waals surface area contributed by atoms with Gasteiger partial charge in [-0.3, -0.25) is 0 Å². The second kappa shape index (κ2) is 7.24. The lowest BCUT2D eigenvalue weighted by Crippen LogP contribution is -2.48. The standard InChI is InChI=1S/C18H31NO/c1-8-20-17(18(4,5)6)16(19-7)12-15-13(2)10-9-11-14(15)3/h9-11,16-17,19H,8,12H2,1-7H3. The average Bonchev–Trinajstić information content (AvgIpc) is 2.35. The summed E-state index contributed by atoms with van der Waals surface area (Å²) in [7, 11) is 2.04. The molecule has 1 rings (SSSR count). The number of hydrogen-bond donors (Lipinski definition) is 1. The van der Waals surface area contributed by atoms with Crippen LogP contribution < -0.4 is 5.32 Å². The van der Waals surface area contributed by atoms with Crippen molar-refractivity contribution < 1.29 is 4.74 Å². The van der Waals surface area contributed by atoms with Gasteiger partial charge in [-0.25, -0.2) is 0 Å². The van der Waals surface area contributed by atoms with Crippen LogP contribution in [0.1, 0.15) is 44.4 Å². The maximum Gasteiger partial charge on any atom is 0.0779 e. The molecule has 2 atom stereocenters. The zero-order chi connectivity index (χ0) is 15.3. The minimum atomic E-state index is 0.125. The zero-order valence-corrected chi connectivity index (χ0v) is 14.2. The Balaban J connectivity index is 3.00. The van der Waals surface area contributed by atoms with Crippen molar-refractivity contribution in [3.8, 4) is 0 Å². The van der Waals surface area contributed by atoms with Crippen LogP contribution in [-0.2, 0) is 11.2 Å². The van der Waals surface area contributed by atoms with Crippen LogP contribution in [0.25, 0.3) is 0 Å². The lowest BCUT2D eigenvalue weighted by molar-refractivity contribution is -0.0341. The molecule has 0 aliphatic carbocycles. The summed E-state index contributed by atoms with van der Waals surface area (Å²) in [6.07, 6.45) is 1.22. The molecule has 20 heavy (non-hydrogen) atoms. The molecule has 2 heteroatoms. The number of benzene rings is 1. The first kappa shape index (κ1) is 17.2. The molecule has 114 valence electrons. The molecule has 0 heterocycles. The number of rotatable bonds is 6. The summed E-state index contributed by atoms with van der Waals surface area (Å²) < 4.78 is 6.05. The highest BCUT2D eigenvalue weighted by molar-refractivity contribution is 5.34. The first-order valence-corrected chi connectivity index (χ1v) is 7.65. The van der Waals surface area contributed by atoms with Gasteiger partial charge in [0, 0.05) is 12.6 Å². The van der Waals surface area contributed by atoms with E-state index in [-0.39, 0.29) is 11.5 Å². The Morgan fingerprint density at radius 3 is 2.10 bits per heavy atom. The smallest absolute Gasteiger partial charge is 0.0779 e. The topological polar surface area (TPSA) is 21.3 Å². The predicted molar refractivity (Wildman–Crippen MR) is 87.3 cm³/mol. The van der Waals surface area contributed by atoms with Crippen LogP contribution in [0, 0.1) is 19.3 Å². The monoisotopic (exact) mass is 277 g/mol. The summed E-state index contributed by atoms with van der Waals surface area (Å²) >= 11 is 0. The van der Waals surface area contributed by atoms with Gasteiger partial charge >= 0.3 is 0 Å². The molecule has 0 saturated heterocycles. The third kappa shape index (κ3) is 4.32. The van der Waals surface area contributed by atoms with E-state index in [1.54, 1.807) is 0 Å². The number of nitrogens with one attached hydrogen (secondary N) is 1. The number of ether oxygens (including phenoxy) is 1. The molecule has 0 fully saturated rings. The Bertz CT molecular complexity index is 400. The Kier molecular flexibility index (Phi) is 6.22. The van der Waals surface area contributed by atoms with E-state index in [1.807, 2.05) is 7.05 Å². The van der Waals surface area contributed by atoms with E-state index in [9.17, 15) is 0 Å². The molecule has 0 saturated carbocycles. The van der Waals surface area contributed by atoms with E-state index in [0.29, 0.717) is 6.04 Å². The Morgan fingerprint density at radius 1 is 1.15 bits per heavy atom. The first-order valence-electron chi connectivity index (χ1n) is 7.65. The predicted octanol–water partition coefficient (Wildman–Crippen LogP) is 3.89. The van der Waals surface area contributed by atoms with E-state index in [2.05, 4.69) is 65.1 Å². The van der Waals surface area contributed by atoms with Gasteiger partial charge < -0.3 is 10.1 Å². The van der Waals surface area contributed by atoms with Gasteiger partial charge in [0.2, 0.25) is 0 Å². The minimum Gasteiger partial charge on any atom is -0.376 e. The van der Waals surface area contributed by atoms with E-state index in [4.69, 9.17) is 4.74 Å². The van der Waals surface area contributed by atoms with Gasteiger partial charge in [-0.05, 0) is 56.3 Å². The summed E-state index contributed by atoms with van der Waals surface area (Å²) in [6, 6.07) is 6.85. The second-order valence-corrected chi connectivity index (χ2v) is 6.71. The molecule has 1 aromatic rings. The van der Waals surface area contributed by atoms with Crippen molar-refractivity contribution in [2.75, 3.05) is 13.7 Å². The summed E-state index contributed by atoms with van der Waals surface area (Å²) in [4.78, 5) is 0. The van der Waals surface area contributed by atoms with Crippen LogP contribution in [0.2, 0.25) is 0 Å². The molecule has 0 radical (unpaired) electrons. The van der Waals surface area contributed by atoms with Gasteiger partial charge in [0.25, 0.3) is 0 Å². The van der Waals surface area contributed by atoms with E-state index >= 15 is 0 Å². The maximum absolute atomic E-state index is 6.05. The molecule has 2 nitrogen and oxygen atoms in total. The first-order chi connectivity index (χ1) is 9.31. The van der Waals surface area contributed by atoms with Crippen LogP contribution in [0.15, 0.2) is 18.2 Å². The van der Waals surface area contributed by atoms with Crippen LogP contribution in [0.4, 0.5) is 0 Å². The van der Waals surface area contributed by atoms with E-state index in [0.717, 1.165) is 13.0 Å². The molecule has 0 aromatic heterocycles. The Morgan fingerprint density at radius 2 is 1.70 bits per heavy atom. The number of likely N-dealkylation sites (N-methyl/N-ethyl adjacent to an activating group) is 1. The molecule has 0 amide bonds. The lowest BCUT2D eigenvalue weighted by atomic mass is 9.81. The van der Waals surface area contributed by atoms with Gasteiger partial charge in [-0.15, -0.1) is 0 Å². The fraction of sp³-hybridized carbons (Fsp3) is 0.667. The van der Waals surface area contributed by atoms with E-state index < -0.39 is 0 Å². The van der Waals surface area contributed by atoms with E-state index in [1.165, 1.54) is 16.7 Å². The normalized spacial score (nSPS) is 15.2. The van der Waals surface area contributed by atoms with Gasteiger partial charge in [-0.2, -0.15) is 0 Å². The molecule has 1 aromatic carbocycles. The van der Waals surface area contributed by atoms with Gasteiger partial charge in [0.1, 0.15) is 0 Å². The van der Waals surface area contributed by atoms with Crippen molar-refractivity contribution in [3.63, 3.8) is 0 Å². The summed E-state index contributed by atoms with van der Waals surface area (Å²) in [5.41, 5.74) is 4.31. The highest BCUT2D eigenvalue weighted by atomic mass is 16.5. The van der Waals surface area contributed by atoms with Crippen LogP contribution in [-0.4, -0.2) is 25.8 Å². The molecule has 1 N–H and O–H groups in total. The van der Waals surface area contributed by atoms with Crippen molar-refractivity contribution in [2.45, 2.75) is 60.1 Å². The molecular formula is C18H31NO. The van der Waals surface area contributed by atoms with Crippen molar-refractivity contribution in [1.29, 1.82) is 0 Å². The molecule has 0 aliphatic heterocycles. The maximum atomic E-state index is 6.05. The Labute approximate surface area is 124 Å². The fourth-order valence-electron chi connectivity index (χ4n) is 2.90. The van der Waals surface area contributed by atoms with Crippen molar-refractivity contribution in [3.05, 3.63) is 34.9 Å². The lowest BCUT2D eigenvalue weighted by Gasteiger charge is -2.37. The molecule has 0 spiro atoms. The average molecular weight is 277 g/mol. The van der Waals surface area contributed by atoms with Crippen molar-refractivity contribution in [2.24, 2.45) is 5.41 Å². The van der Waals surface area contributed by atoms with Gasteiger partial charge in [0.05, 0.1) is 6.10 Å². The second-order valence-electron chi connectivity index (χ2n) is 6.71.